The van der Waals surface area contributed by atoms with E-state index in [-0.39, 0.29) is 5.41 Å². The third kappa shape index (κ3) is 8.70. The van der Waals surface area contributed by atoms with Crippen molar-refractivity contribution in [1.82, 2.24) is 4.90 Å². The van der Waals surface area contributed by atoms with E-state index in [9.17, 15) is 0 Å². The minimum Gasteiger partial charge on any atom is -0.358 e. The molecule has 2 nitrogen and oxygen atoms in total. The molecule has 0 N–H and O–H groups in total. The number of hydrogen-bond acceptors (Lipinski definition) is 2. The van der Waals surface area contributed by atoms with Gasteiger partial charge in [-0.15, -0.1) is 0 Å². The minimum atomic E-state index is -0.00128. The second kappa shape index (κ2) is 16.1. The number of benzene rings is 2. The van der Waals surface area contributed by atoms with Crippen molar-refractivity contribution in [2.45, 2.75) is 58.0 Å². The van der Waals surface area contributed by atoms with Crippen LogP contribution in [0.5, 0.6) is 0 Å². The zero-order valence-electron chi connectivity index (χ0n) is 30.1. The fraction of sp³-hybridized carbons (Fsp3) is 0.224. The lowest BCUT2D eigenvalue weighted by atomic mass is 9.81. The lowest BCUT2D eigenvalue weighted by Crippen LogP contribution is -2.41. The van der Waals surface area contributed by atoms with Crippen LogP contribution in [0, 0.1) is 11.3 Å². The van der Waals surface area contributed by atoms with Crippen molar-refractivity contribution in [3.63, 3.8) is 0 Å². The van der Waals surface area contributed by atoms with Crippen LogP contribution in [0.3, 0.4) is 0 Å². The average Bonchev–Trinajstić information content (AvgIpc) is 3.46. The van der Waals surface area contributed by atoms with Crippen LogP contribution in [0.1, 0.15) is 51.5 Å². The molecule has 7 rings (SSSR count). The van der Waals surface area contributed by atoms with Gasteiger partial charge < -0.3 is 9.80 Å². The van der Waals surface area contributed by atoms with Gasteiger partial charge in [0.2, 0.25) is 0 Å². The standard InChI is InChI=1S/C49H50N2/c1-39-14-13-21-48(38-39)51(45-19-11-6-12-20-45)47-28-24-40(25-29-47)22-23-42-33-36-49(2,37-34-42)35-32-41-26-30-46(31-27-41)50(44-17-9-5-10-18-44)43-15-7-3-4-8-16-43/h3,5-13,15-17,19-30,32-36,38-39,44,46H,4,14,18,31,37H2,1-2H3/b23-22+,35-32+/t39?,44?,46?,49-/m1/s1. The Kier molecular flexibility index (Phi) is 10.8. The molecule has 0 fully saturated rings. The molecule has 2 aromatic rings. The van der Waals surface area contributed by atoms with Crippen LogP contribution in [0.2, 0.25) is 0 Å². The largest absolute Gasteiger partial charge is 0.358 e. The third-order valence-electron chi connectivity index (χ3n) is 10.3. The lowest BCUT2D eigenvalue weighted by Gasteiger charge is -2.39. The van der Waals surface area contributed by atoms with Gasteiger partial charge in [-0.2, -0.15) is 0 Å². The number of para-hydroxylation sites is 1. The van der Waals surface area contributed by atoms with Gasteiger partial charge in [0.05, 0.1) is 12.1 Å². The van der Waals surface area contributed by atoms with Gasteiger partial charge in [-0.05, 0) is 97.2 Å². The molecule has 3 unspecified atom stereocenters. The first-order valence-corrected chi connectivity index (χ1v) is 18.7. The van der Waals surface area contributed by atoms with Crippen molar-refractivity contribution in [3.05, 3.63) is 210 Å². The summed E-state index contributed by atoms with van der Waals surface area (Å²) in [6, 6.07) is 20.3. The van der Waals surface area contributed by atoms with Crippen molar-refractivity contribution in [2.24, 2.45) is 11.3 Å². The fourth-order valence-electron chi connectivity index (χ4n) is 7.31. The van der Waals surface area contributed by atoms with Crippen molar-refractivity contribution in [3.8, 4) is 0 Å². The zero-order chi connectivity index (χ0) is 34.9. The first kappa shape index (κ1) is 34.1. The zero-order valence-corrected chi connectivity index (χ0v) is 30.1. The Labute approximate surface area is 306 Å². The molecule has 0 radical (unpaired) electrons. The summed E-state index contributed by atoms with van der Waals surface area (Å²) in [4.78, 5) is 4.94. The molecule has 4 atom stereocenters. The maximum absolute atomic E-state index is 2.59. The summed E-state index contributed by atoms with van der Waals surface area (Å²) in [6.07, 6.45) is 55.5. The number of rotatable bonds is 10. The van der Waals surface area contributed by atoms with Crippen LogP contribution in [0.4, 0.5) is 11.4 Å². The van der Waals surface area contributed by atoms with Crippen molar-refractivity contribution in [2.75, 3.05) is 4.90 Å². The normalized spacial score (nSPS) is 25.5. The van der Waals surface area contributed by atoms with E-state index in [1.807, 2.05) is 0 Å². The Morgan fingerprint density at radius 2 is 1.47 bits per heavy atom. The summed E-state index contributed by atoms with van der Waals surface area (Å²) < 4.78 is 0. The predicted octanol–water partition coefficient (Wildman–Crippen LogP) is 12.6. The smallest absolute Gasteiger partial charge is 0.0517 e. The second-order valence-corrected chi connectivity index (χ2v) is 14.4. The average molecular weight is 667 g/mol. The van der Waals surface area contributed by atoms with E-state index in [0.29, 0.717) is 18.0 Å². The molecule has 0 aliphatic heterocycles. The monoisotopic (exact) mass is 666 g/mol. The van der Waals surface area contributed by atoms with Crippen LogP contribution < -0.4 is 4.90 Å². The van der Waals surface area contributed by atoms with E-state index in [0.717, 1.165) is 32.1 Å². The highest BCUT2D eigenvalue weighted by atomic mass is 15.2. The molecule has 256 valence electrons. The van der Waals surface area contributed by atoms with E-state index in [4.69, 9.17) is 0 Å². The van der Waals surface area contributed by atoms with Gasteiger partial charge in [-0.1, -0.05) is 160 Å². The molecule has 0 aromatic heterocycles. The van der Waals surface area contributed by atoms with Gasteiger partial charge in [-0.25, -0.2) is 0 Å². The number of allylic oxidation sites excluding steroid dienone is 19. The lowest BCUT2D eigenvalue weighted by molar-refractivity contribution is 0.253. The molecule has 0 spiro atoms. The maximum Gasteiger partial charge on any atom is 0.0517 e. The molecule has 51 heavy (non-hydrogen) atoms. The van der Waals surface area contributed by atoms with Gasteiger partial charge >= 0.3 is 0 Å². The summed E-state index contributed by atoms with van der Waals surface area (Å²) >= 11 is 0. The Hall–Kier alpha value is -5.34. The predicted molar refractivity (Wildman–Crippen MR) is 219 cm³/mol. The van der Waals surface area contributed by atoms with Crippen LogP contribution in [-0.4, -0.2) is 17.0 Å². The van der Waals surface area contributed by atoms with Gasteiger partial charge in [0.25, 0.3) is 0 Å². The Morgan fingerprint density at radius 3 is 2.22 bits per heavy atom. The summed E-state index contributed by atoms with van der Waals surface area (Å²) in [7, 11) is 0. The molecule has 5 aliphatic rings. The van der Waals surface area contributed by atoms with Gasteiger partial charge in [0.15, 0.2) is 0 Å². The van der Waals surface area contributed by atoms with Gasteiger partial charge in [0, 0.05) is 28.2 Å². The summed E-state index contributed by atoms with van der Waals surface area (Å²) in [5.74, 6) is 0.532. The van der Waals surface area contributed by atoms with E-state index in [1.54, 1.807) is 0 Å². The molecule has 0 amide bonds. The third-order valence-corrected chi connectivity index (χ3v) is 10.3. The molecule has 0 bridgehead atoms. The van der Waals surface area contributed by atoms with E-state index < -0.39 is 0 Å². The second-order valence-electron chi connectivity index (χ2n) is 14.4. The van der Waals surface area contributed by atoms with E-state index in [2.05, 4.69) is 212 Å². The number of nitrogens with zero attached hydrogens (tertiary/aromatic N) is 2. The summed E-state index contributed by atoms with van der Waals surface area (Å²) in [5, 5.41) is 0. The first-order chi connectivity index (χ1) is 25.0. The molecular formula is C49H50N2. The van der Waals surface area contributed by atoms with Gasteiger partial charge in [0.1, 0.15) is 0 Å². The quantitative estimate of drug-likeness (QED) is 0.249. The molecule has 0 saturated carbocycles. The highest BCUT2D eigenvalue weighted by Crippen LogP contribution is 2.35. The van der Waals surface area contributed by atoms with Crippen LogP contribution in [-0.2, 0) is 0 Å². The highest BCUT2D eigenvalue weighted by molar-refractivity contribution is 5.71. The van der Waals surface area contributed by atoms with Crippen molar-refractivity contribution >= 4 is 17.5 Å². The van der Waals surface area contributed by atoms with Crippen molar-refractivity contribution < 1.29 is 0 Å². The molecule has 0 heterocycles. The van der Waals surface area contributed by atoms with Crippen LogP contribution in [0.25, 0.3) is 6.08 Å². The Morgan fingerprint density at radius 1 is 0.667 bits per heavy atom. The highest BCUT2D eigenvalue weighted by Gasteiger charge is 2.26. The number of anilines is 2. The maximum atomic E-state index is 2.59. The molecule has 5 aliphatic carbocycles. The SMILES string of the molecule is CC1C=C(N(c2ccccc2)c2ccc(/C=C/C3=CC[C@](C)(/C=C/C4=CCC(N(C5=CC=CCC=C5)C5C=CC=CC5)C=C4)C=C3)cc2)C=CC1. The summed E-state index contributed by atoms with van der Waals surface area (Å²) in [6.45, 7) is 4.61. The van der Waals surface area contributed by atoms with E-state index in [1.165, 1.54) is 39.5 Å². The molecule has 2 aromatic carbocycles. The molecule has 2 heteroatoms. The Bertz CT molecular complexity index is 1950. The molecule has 0 saturated heterocycles. The number of hydrogen-bond donors (Lipinski definition) is 0. The summed E-state index contributed by atoms with van der Waals surface area (Å²) in [5.41, 5.74) is 8.61. The van der Waals surface area contributed by atoms with Crippen LogP contribution >= 0.6 is 0 Å². The Balaban J connectivity index is 0.969. The van der Waals surface area contributed by atoms with Gasteiger partial charge in [-0.3, -0.25) is 0 Å². The fourth-order valence-corrected chi connectivity index (χ4v) is 7.31. The minimum absolute atomic E-state index is 0.00128. The van der Waals surface area contributed by atoms with E-state index >= 15 is 0 Å². The van der Waals surface area contributed by atoms with Crippen LogP contribution in [0.15, 0.2) is 205 Å². The molecular weight excluding hydrogens is 617 g/mol. The topological polar surface area (TPSA) is 6.48 Å². The van der Waals surface area contributed by atoms with Crippen molar-refractivity contribution in [1.29, 1.82) is 0 Å². The first-order valence-electron chi connectivity index (χ1n) is 18.7.